The molecule has 1 atom stereocenters. The maximum absolute atomic E-state index is 9.43. The molecule has 2 heteroatoms. The van der Waals surface area contributed by atoms with Gasteiger partial charge in [-0.25, -0.2) is 0 Å². The van der Waals surface area contributed by atoms with Crippen molar-refractivity contribution < 1.29 is 4.79 Å². The predicted octanol–water partition coefficient (Wildman–Crippen LogP) is 0.504. The SMILES string of the molecule is C[C@H](S)C=O. The Balaban J connectivity index is 2.83. The monoisotopic (exact) mass is 90.0 g/mol. The lowest BCUT2D eigenvalue weighted by Crippen LogP contribution is -1.87. The van der Waals surface area contributed by atoms with E-state index in [1.807, 2.05) is 0 Å². The van der Waals surface area contributed by atoms with Crippen LogP contribution in [0.25, 0.3) is 0 Å². The molecule has 0 aromatic rings. The maximum Gasteiger partial charge on any atom is 0.132 e. The number of aldehydes is 1. The Kier molecular flexibility index (Phi) is 2.28. The fraction of sp³-hybridized carbons (Fsp3) is 0.667. The summed E-state index contributed by atoms with van der Waals surface area (Å²) in [6, 6.07) is 0. The summed E-state index contributed by atoms with van der Waals surface area (Å²) in [6.45, 7) is 1.72. The molecule has 0 heterocycles. The average Bonchev–Trinajstić information content (AvgIpc) is 1.38. The Hall–Kier alpha value is 0.0200. The van der Waals surface area contributed by atoms with E-state index >= 15 is 0 Å². The van der Waals surface area contributed by atoms with E-state index in [2.05, 4.69) is 12.6 Å². The van der Waals surface area contributed by atoms with E-state index in [9.17, 15) is 4.79 Å². The molecule has 0 aliphatic heterocycles. The van der Waals surface area contributed by atoms with Crippen molar-refractivity contribution >= 4 is 18.9 Å². The molecular formula is C3H6OS. The molecule has 0 aromatic heterocycles. The Morgan fingerprint density at radius 1 is 2.00 bits per heavy atom. The molecule has 0 radical (unpaired) electrons. The van der Waals surface area contributed by atoms with Gasteiger partial charge in [0.25, 0.3) is 0 Å². The minimum absolute atomic E-state index is 0.102. The van der Waals surface area contributed by atoms with E-state index in [0.717, 1.165) is 6.29 Å². The lowest BCUT2D eigenvalue weighted by Gasteiger charge is -1.78. The molecule has 0 N–H and O–H groups in total. The molecule has 0 aromatic carbocycles. The van der Waals surface area contributed by atoms with Crippen LogP contribution in [0.5, 0.6) is 0 Å². The molecule has 0 saturated carbocycles. The van der Waals surface area contributed by atoms with Gasteiger partial charge in [0.15, 0.2) is 0 Å². The lowest BCUT2D eigenvalue weighted by molar-refractivity contribution is -0.107. The number of hydrogen-bond acceptors (Lipinski definition) is 2. The van der Waals surface area contributed by atoms with Gasteiger partial charge in [-0.3, -0.25) is 0 Å². The summed E-state index contributed by atoms with van der Waals surface area (Å²) in [5.74, 6) is 0. The maximum atomic E-state index is 9.43. The highest BCUT2D eigenvalue weighted by Gasteiger charge is 1.80. The second-order valence-electron chi connectivity index (χ2n) is 0.877. The van der Waals surface area contributed by atoms with Crippen molar-refractivity contribution in [2.75, 3.05) is 0 Å². The minimum atomic E-state index is -0.102. The van der Waals surface area contributed by atoms with E-state index in [1.54, 1.807) is 6.92 Å². The zero-order valence-corrected chi connectivity index (χ0v) is 3.90. The van der Waals surface area contributed by atoms with Gasteiger partial charge in [0, 0.05) is 0 Å². The molecule has 1 nitrogen and oxygen atoms in total. The first kappa shape index (κ1) is 5.02. The van der Waals surface area contributed by atoms with E-state index in [0.29, 0.717) is 0 Å². The minimum Gasteiger partial charge on any atom is -0.302 e. The van der Waals surface area contributed by atoms with Gasteiger partial charge >= 0.3 is 0 Å². The Morgan fingerprint density at radius 2 is 2.20 bits per heavy atom. The van der Waals surface area contributed by atoms with Crippen LogP contribution in [0.4, 0.5) is 0 Å². The van der Waals surface area contributed by atoms with Crippen LogP contribution in [-0.2, 0) is 4.79 Å². The molecule has 0 bridgehead atoms. The van der Waals surface area contributed by atoms with Crippen LogP contribution in [-0.4, -0.2) is 11.5 Å². The fourth-order valence-electron chi connectivity index (χ4n) is 0. The van der Waals surface area contributed by atoms with Crippen LogP contribution >= 0.6 is 12.6 Å². The van der Waals surface area contributed by atoms with Crippen LogP contribution in [0.2, 0.25) is 0 Å². The van der Waals surface area contributed by atoms with Crippen LogP contribution in [0, 0.1) is 0 Å². The number of thiol groups is 1. The van der Waals surface area contributed by atoms with Crippen molar-refractivity contribution in [2.45, 2.75) is 12.2 Å². The van der Waals surface area contributed by atoms with E-state index in [1.165, 1.54) is 0 Å². The molecule has 0 spiro atoms. The van der Waals surface area contributed by atoms with E-state index < -0.39 is 0 Å². The van der Waals surface area contributed by atoms with Gasteiger partial charge in [0.2, 0.25) is 0 Å². The number of carbonyl (C=O) groups is 1. The van der Waals surface area contributed by atoms with Crippen LogP contribution in [0.1, 0.15) is 6.92 Å². The van der Waals surface area contributed by atoms with Gasteiger partial charge in [0.05, 0.1) is 5.25 Å². The molecule has 0 fully saturated rings. The third-order valence-corrected chi connectivity index (χ3v) is 0.319. The second-order valence-corrected chi connectivity index (χ2v) is 1.69. The Morgan fingerprint density at radius 3 is 2.20 bits per heavy atom. The van der Waals surface area contributed by atoms with Gasteiger partial charge < -0.3 is 4.79 Å². The number of carbonyl (C=O) groups excluding carboxylic acids is 1. The standard InChI is InChI=1S/C3H6OS/c1-3(5)2-4/h2-3,5H,1H3/t3-/m0/s1. The summed E-state index contributed by atoms with van der Waals surface area (Å²) >= 11 is 3.73. The molecule has 0 aliphatic carbocycles. The third kappa shape index (κ3) is 4.02. The largest absolute Gasteiger partial charge is 0.302 e. The quantitative estimate of drug-likeness (QED) is 0.366. The fourth-order valence-corrected chi connectivity index (χ4v) is 0. The van der Waals surface area contributed by atoms with Crippen LogP contribution in [0.15, 0.2) is 0 Å². The highest BCUT2D eigenvalue weighted by atomic mass is 32.1. The van der Waals surface area contributed by atoms with Crippen molar-refractivity contribution in [1.29, 1.82) is 0 Å². The molecule has 30 valence electrons. The average molecular weight is 90.1 g/mol. The first-order valence-electron chi connectivity index (χ1n) is 1.40. The molecule has 5 heavy (non-hydrogen) atoms. The molecule has 0 aliphatic rings. The van der Waals surface area contributed by atoms with Crippen molar-refractivity contribution in [3.63, 3.8) is 0 Å². The number of hydrogen-bond donors (Lipinski definition) is 1. The third-order valence-electron chi connectivity index (χ3n) is 0.197. The van der Waals surface area contributed by atoms with Gasteiger partial charge in [-0.1, -0.05) is 0 Å². The molecule has 0 rings (SSSR count). The van der Waals surface area contributed by atoms with Crippen molar-refractivity contribution in [1.82, 2.24) is 0 Å². The van der Waals surface area contributed by atoms with Crippen molar-refractivity contribution in [2.24, 2.45) is 0 Å². The van der Waals surface area contributed by atoms with Crippen molar-refractivity contribution in [3.8, 4) is 0 Å². The summed E-state index contributed by atoms with van der Waals surface area (Å²) in [4.78, 5) is 9.43. The first-order valence-corrected chi connectivity index (χ1v) is 1.92. The topological polar surface area (TPSA) is 17.1 Å². The van der Waals surface area contributed by atoms with Gasteiger partial charge in [-0.15, -0.1) is 0 Å². The smallest absolute Gasteiger partial charge is 0.132 e. The molecular weight excluding hydrogens is 84.1 g/mol. The van der Waals surface area contributed by atoms with Gasteiger partial charge in [0.1, 0.15) is 6.29 Å². The van der Waals surface area contributed by atoms with E-state index in [-0.39, 0.29) is 5.25 Å². The summed E-state index contributed by atoms with van der Waals surface area (Å²) in [6.07, 6.45) is 0.781. The second kappa shape index (κ2) is 2.27. The zero-order valence-electron chi connectivity index (χ0n) is 3.01. The summed E-state index contributed by atoms with van der Waals surface area (Å²) in [7, 11) is 0. The van der Waals surface area contributed by atoms with Crippen LogP contribution in [0.3, 0.4) is 0 Å². The van der Waals surface area contributed by atoms with Gasteiger partial charge in [-0.2, -0.15) is 12.6 Å². The molecule has 0 amide bonds. The highest BCUT2D eigenvalue weighted by Crippen LogP contribution is 1.81. The molecule has 0 saturated heterocycles. The Labute approximate surface area is 36.8 Å². The zero-order chi connectivity index (χ0) is 4.28. The Bertz CT molecular complexity index is 33.9. The van der Waals surface area contributed by atoms with Crippen LogP contribution < -0.4 is 0 Å². The summed E-state index contributed by atoms with van der Waals surface area (Å²) in [5, 5.41) is -0.102. The summed E-state index contributed by atoms with van der Waals surface area (Å²) < 4.78 is 0. The predicted molar refractivity (Wildman–Crippen MR) is 24.5 cm³/mol. The molecule has 0 unspecified atom stereocenters. The highest BCUT2D eigenvalue weighted by molar-refractivity contribution is 7.81. The van der Waals surface area contributed by atoms with E-state index in [4.69, 9.17) is 0 Å². The van der Waals surface area contributed by atoms with Gasteiger partial charge in [-0.05, 0) is 6.92 Å². The van der Waals surface area contributed by atoms with Crippen molar-refractivity contribution in [3.05, 3.63) is 0 Å². The summed E-state index contributed by atoms with van der Waals surface area (Å²) in [5.41, 5.74) is 0. The lowest BCUT2D eigenvalue weighted by atomic mass is 10.6. The number of rotatable bonds is 1. The normalized spacial score (nSPS) is 14.0. The first-order chi connectivity index (χ1) is 2.27.